The number of aromatic nitrogens is 4. The molecule has 1 atom stereocenters. The van der Waals surface area contributed by atoms with Crippen molar-refractivity contribution in [3.05, 3.63) is 35.7 Å². The van der Waals surface area contributed by atoms with Crippen molar-refractivity contribution in [1.82, 2.24) is 24.6 Å². The quantitative estimate of drug-likeness (QED) is 0.930. The van der Waals surface area contributed by atoms with Crippen LogP contribution in [-0.2, 0) is 0 Å². The van der Waals surface area contributed by atoms with Gasteiger partial charge in [-0.1, -0.05) is 19.3 Å². The number of piperidine rings is 1. The molecule has 0 unspecified atom stereocenters. The second-order valence-corrected chi connectivity index (χ2v) is 7.46. The van der Waals surface area contributed by atoms with Crippen molar-refractivity contribution in [2.45, 2.75) is 63.8 Å². The Morgan fingerprint density at radius 2 is 2.04 bits per heavy atom. The fourth-order valence-corrected chi connectivity index (χ4v) is 4.48. The van der Waals surface area contributed by atoms with Crippen LogP contribution in [0.25, 0.3) is 0 Å². The summed E-state index contributed by atoms with van der Waals surface area (Å²) in [7, 11) is 0. The zero-order valence-corrected chi connectivity index (χ0v) is 14.9. The molecule has 1 aliphatic heterocycles. The highest BCUT2D eigenvalue weighted by Crippen LogP contribution is 2.34. The van der Waals surface area contributed by atoms with E-state index in [1.807, 2.05) is 24.2 Å². The smallest absolute Gasteiger partial charge is 0.257 e. The Morgan fingerprint density at radius 3 is 2.80 bits per heavy atom. The Kier molecular flexibility index (Phi) is 4.59. The number of amides is 1. The molecule has 2 fully saturated rings. The molecule has 6 heteroatoms. The summed E-state index contributed by atoms with van der Waals surface area (Å²) in [5.74, 6) is 1.62. The van der Waals surface area contributed by atoms with E-state index in [1.54, 1.807) is 6.20 Å². The molecule has 4 rings (SSSR count). The van der Waals surface area contributed by atoms with Crippen molar-refractivity contribution >= 4 is 5.91 Å². The molecule has 2 aliphatic rings. The lowest BCUT2D eigenvalue weighted by atomic mass is 9.85. The highest BCUT2D eigenvalue weighted by Gasteiger charge is 2.30. The standard InChI is InChI=1S/C19H27N5O/c1-14-20-9-11-24(14)16-8-5-10-23(13-16)19(25)17-12-21-22-18(17)15-6-3-2-4-7-15/h9,11-12,15-16H,2-8,10,13H2,1H3,(H,21,22)/t16-/m0/s1. The van der Waals surface area contributed by atoms with E-state index in [9.17, 15) is 4.79 Å². The highest BCUT2D eigenvalue weighted by atomic mass is 16.2. The Bertz CT molecular complexity index is 728. The molecule has 1 aliphatic carbocycles. The van der Waals surface area contributed by atoms with E-state index >= 15 is 0 Å². The third kappa shape index (κ3) is 3.22. The molecule has 1 saturated heterocycles. The minimum atomic E-state index is 0.136. The molecule has 0 aromatic carbocycles. The maximum atomic E-state index is 13.2. The number of aryl methyl sites for hydroxylation is 1. The summed E-state index contributed by atoms with van der Waals surface area (Å²) in [6, 6.07) is 0.324. The van der Waals surface area contributed by atoms with E-state index < -0.39 is 0 Å². The number of rotatable bonds is 3. The summed E-state index contributed by atoms with van der Waals surface area (Å²) in [4.78, 5) is 19.5. The number of likely N-dealkylation sites (tertiary alicyclic amines) is 1. The molecule has 1 saturated carbocycles. The lowest BCUT2D eigenvalue weighted by Gasteiger charge is -2.34. The molecule has 0 spiro atoms. The van der Waals surface area contributed by atoms with Gasteiger partial charge in [-0.25, -0.2) is 4.98 Å². The van der Waals surface area contributed by atoms with Gasteiger partial charge in [0.2, 0.25) is 0 Å². The van der Waals surface area contributed by atoms with Crippen LogP contribution < -0.4 is 0 Å². The van der Waals surface area contributed by atoms with E-state index in [0.717, 1.165) is 43.0 Å². The van der Waals surface area contributed by atoms with Gasteiger partial charge in [-0.2, -0.15) is 5.10 Å². The molecular weight excluding hydrogens is 314 g/mol. The molecular formula is C19H27N5O. The predicted octanol–water partition coefficient (Wildman–Crippen LogP) is 3.44. The monoisotopic (exact) mass is 341 g/mol. The Balaban J connectivity index is 1.51. The van der Waals surface area contributed by atoms with Crippen molar-refractivity contribution in [2.24, 2.45) is 0 Å². The summed E-state index contributed by atoms with van der Waals surface area (Å²) in [5.41, 5.74) is 1.85. The van der Waals surface area contributed by atoms with Crippen LogP contribution in [0, 0.1) is 6.92 Å². The van der Waals surface area contributed by atoms with E-state index in [0.29, 0.717) is 12.0 Å². The van der Waals surface area contributed by atoms with Crippen LogP contribution in [0.15, 0.2) is 18.6 Å². The van der Waals surface area contributed by atoms with Crippen LogP contribution in [0.5, 0.6) is 0 Å². The lowest BCUT2D eigenvalue weighted by molar-refractivity contribution is 0.0676. The number of hydrogen-bond acceptors (Lipinski definition) is 3. The zero-order valence-electron chi connectivity index (χ0n) is 14.9. The van der Waals surface area contributed by atoms with E-state index in [1.165, 1.54) is 32.1 Å². The van der Waals surface area contributed by atoms with E-state index in [-0.39, 0.29) is 5.91 Å². The molecule has 0 radical (unpaired) electrons. The van der Waals surface area contributed by atoms with Crippen LogP contribution in [0.3, 0.4) is 0 Å². The number of H-pyrrole nitrogens is 1. The number of hydrogen-bond donors (Lipinski definition) is 1. The van der Waals surface area contributed by atoms with Crippen molar-refractivity contribution in [3.8, 4) is 0 Å². The van der Waals surface area contributed by atoms with Gasteiger partial charge in [0.25, 0.3) is 5.91 Å². The minimum absolute atomic E-state index is 0.136. The second kappa shape index (κ2) is 7.02. The normalized spacial score (nSPS) is 22.3. The number of carbonyl (C=O) groups is 1. The first-order valence-corrected chi connectivity index (χ1v) is 9.56. The van der Waals surface area contributed by atoms with Crippen LogP contribution >= 0.6 is 0 Å². The molecule has 1 N–H and O–H groups in total. The molecule has 2 aromatic heterocycles. The number of nitrogens with one attached hydrogen (secondary N) is 1. The first kappa shape index (κ1) is 16.4. The Hall–Kier alpha value is -2.11. The van der Waals surface area contributed by atoms with Crippen LogP contribution in [-0.4, -0.2) is 43.6 Å². The third-order valence-electron chi connectivity index (χ3n) is 5.85. The summed E-state index contributed by atoms with van der Waals surface area (Å²) in [6.07, 6.45) is 13.9. The average molecular weight is 341 g/mol. The van der Waals surface area contributed by atoms with Crippen LogP contribution in [0.4, 0.5) is 0 Å². The van der Waals surface area contributed by atoms with Crippen molar-refractivity contribution in [3.63, 3.8) is 0 Å². The molecule has 2 aromatic rings. The van der Waals surface area contributed by atoms with E-state index in [2.05, 4.69) is 19.7 Å². The maximum Gasteiger partial charge on any atom is 0.257 e. The van der Waals surface area contributed by atoms with Crippen molar-refractivity contribution in [1.29, 1.82) is 0 Å². The third-order valence-corrected chi connectivity index (χ3v) is 5.85. The van der Waals surface area contributed by atoms with Gasteiger partial charge in [0, 0.05) is 31.4 Å². The van der Waals surface area contributed by atoms with Gasteiger partial charge < -0.3 is 9.47 Å². The first-order chi connectivity index (χ1) is 12.2. The lowest BCUT2D eigenvalue weighted by Crippen LogP contribution is -2.41. The van der Waals surface area contributed by atoms with Crippen molar-refractivity contribution < 1.29 is 4.79 Å². The van der Waals surface area contributed by atoms with Gasteiger partial charge in [-0.15, -0.1) is 0 Å². The second-order valence-electron chi connectivity index (χ2n) is 7.46. The number of aromatic amines is 1. The van der Waals surface area contributed by atoms with Gasteiger partial charge in [-0.05, 0) is 32.6 Å². The number of carbonyl (C=O) groups excluding carboxylic acids is 1. The van der Waals surface area contributed by atoms with Gasteiger partial charge in [0.15, 0.2) is 0 Å². The topological polar surface area (TPSA) is 66.8 Å². The molecule has 3 heterocycles. The number of imidazole rings is 1. The summed E-state index contributed by atoms with van der Waals surface area (Å²) < 4.78 is 2.21. The number of nitrogens with zero attached hydrogens (tertiary/aromatic N) is 4. The van der Waals surface area contributed by atoms with Crippen LogP contribution in [0.2, 0.25) is 0 Å². The summed E-state index contributed by atoms with van der Waals surface area (Å²) >= 11 is 0. The molecule has 25 heavy (non-hydrogen) atoms. The SMILES string of the molecule is Cc1nccn1[C@H]1CCCN(C(=O)c2cn[nH]c2C2CCCCC2)C1. The summed E-state index contributed by atoms with van der Waals surface area (Å²) in [5, 5.41) is 7.34. The Labute approximate surface area is 148 Å². The first-order valence-electron chi connectivity index (χ1n) is 9.56. The average Bonchev–Trinajstić information content (AvgIpc) is 3.31. The largest absolute Gasteiger partial charge is 0.336 e. The van der Waals surface area contributed by atoms with Gasteiger partial charge in [0.1, 0.15) is 5.82 Å². The molecule has 6 nitrogen and oxygen atoms in total. The fraction of sp³-hybridized carbons (Fsp3) is 0.632. The highest BCUT2D eigenvalue weighted by molar-refractivity contribution is 5.95. The van der Waals surface area contributed by atoms with Gasteiger partial charge in [-0.3, -0.25) is 9.89 Å². The van der Waals surface area contributed by atoms with Gasteiger partial charge in [0.05, 0.1) is 23.5 Å². The molecule has 1 amide bonds. The minimum Gasteiger partial charge on any atom is -0.336 e. The Morgan fingerprint density at radius 1 is 1.20 bits per heavy atom. The van der Waals surface area contributed by atoms with Gasteiger partial charge >= 0.3 is 0 Å². The summed E-state index contributed by atoms with van der Waals surface area (Å²) in [6.45, 7) is 3.61. The maximum absolute atomic E-state index is 13.2. The van der Waals surface area contributed by atoms with Crippen molar-refractivity contribution in [2.75, 3.05) is 13.1 Å². The fourth-order valence-electron chi connectivity index (χ4n) is 4.48. The molecule has 134 valence electrons. The zero-order chi connectivity index (χ0) is 17.2. The predicted molar refractivity (Wildman–Crippen MR) is 95.6 cm³/mol. The molecule has 0 bridgehead atoms. The van der Waals surface area contributed by atoms with E-state index in [4.69, 9.17) is 0 Å². The van der Waals surface area contributed by atoms with Crippen LogP contribution in [0.1, 0.15) is 78.8 Å².